The van der Waals surface area contributed by atoms with Crippen molar-refractivity contribution in [2.24, 2.45) is 0 Å². The van der Waals surface area contributed by atoms with Gasteiger partial charge >= 0.3 is 5.97 Å². The van der Waals surface area contributed by atoms with Gasteiger partial charge < -0.3 is 9.64 Å². The number of aryl methyl sites for hydroxylation is 1. The lowest BCUT2D eigenvalue weighted by Gasteiger charge is -2.41. The lowest BCUT2D eigenvalue weighted by Crippen LogP contribution is -2.62. The molecule has 0 radical (unpaired) electrons. The van der Waals surface area contributed by atoms with Gasteiger partial charge in [0.25, 0.3) is 15.7 Å². The first-order chi connectivity index (χ1) is 17.1. The van der Waals surface area contributed by atoms with E-state index in [2.05, 4.69) is 0 Å². The fourth-order valence-electron chi connectivity index (χ4n) is 4.14. The molecule has 0 unspecified atom stereocenters. The maximum absolute atomic E-state index is 14.2. The van der Waals surface area contributed by atoms with E-state index in [0.717, 1.165) is 16.4 Å². The van der Waals surface area contributed by atoms with Crippen molar-refractivity contribution >= 4 is 27.6 Å². The Morgan fingerprint density at radius 1 is 1.22 bits per heavy atom. The summed E-state index contributed by atoms with van der Waals surface area (Å²) in [5.41, 5.74) is -0.567. The molecule has 1 aliphatic heterocycles. The van der Waals surface area contributed by atoms with Crippen LogP contribution in [0.15, 0.2) is 47.4 Å². The molecular weight excluding hydrogens is 505 g/mol. The predicted octanol–water partition coefficient (Wildman–Crippen LogP) is 3.22. The molecule has 200 valence electrons. The number of nitro groups is 1. The van der Waals surface area contributed by atoms with Gasteiger partial charge in [0.2, 0.25) is 5.91 Å². The van der Waals surface area contributed by atoms with Gasteiger partial charge in [0.15, 0.2) is 4.90 Å². The summed E-state index contributed by atoms with van der Waals surface area (Å²) in [6, 6.07) is 7.03. The van der Waals surface area contributed by atoms with E-state index in [0.29, 0.717) is 11.1 Å². The fraction of sp³-hybridized carbons (Fsp3) is 0.440. The first-order valence-electron chi connectivity index (χ1n) is 11.7. The number of nitrogens with zero attached hydrogens (tertiary/aromatic N) is 3. The van der Waals surface area contributed by atoms with Crippen LogP contribution in [0.25, 0.3) is 0 Å². The van der Waals surface area contributed by atoms with E-state index in [1.807, 2.05) is 0 Å². The van der Waals surface area contributed by atoms with Crippen LogP contribution < -0.4 is 0 Å². The zero-order chi connectivity index (χ0) is 27.7. The van der Waals surface area contributed by atoms with Crippen LogP contribution in [-0.2, 0) is 30.8 Å². The lowest BCUT2D eigenvalue weighted by atomic mass is 10.0. The second-order valence-corrected chi connectivity index (χ2v) is 11.7. The summed E-state index contributed by atoms with van der Waals surface area (Å²) >= 11 is 0. The molecule has 2 atom stereocenters. The van der Waals surface area contributed by atoms with Gasteiger partial charge in [-0.05, 0) is 57.9 Å². The van der Waals surface area contributed by atoms with Gasteiger partial charge in [0, 0.05) is 25.6 Å². The Labute approximate surface area is 215 Å². The third-order valence-electron chi connectivity index (χ3n) is 6.00. The molecule has 0 saturated carbocycles. The van der Waals surface area contributed by atoms with Crippen LogP contribution in [0.2, 0.25) is 0 Å². The predicted molar refractivity (Wildman–Crippen MR) is 133 cm³/mol. The molecule has 0 spiro atoms. The average Bonchev–Trinajstić information content (AvgIpc) is 2.80. The minimum atomic E-state index is -4.41. The average molecular weight is 536 g/mol. The fourth-order valence-corrected chi connectivity index (χ4v) is 5.88. The number of para-hydroxylation sites is 1. The number of piperazine rings is 1. The van der Waals surface area contributed by atoms with Crippen molar-refractivity contribution in [3.8, 4) is 0 Å². The van der Waals surface area contributed by atoms with Crippen LogP contribution in [0.5, 0.6) is 0 Å². The molecule has 0 N–H and O–H groups in total. The van der Waals surface area contributed by atoms with Crippen LogP contribution in [0.1, 0.15) is 38.8 Å². The van der Waals surface area contributed by atoms with Crippen molar-refractivity contribution in [2.45, 2.75) is 63.6 Å². The smallest absolute Gasteiger partial charge is 0.329 e. The zero-order valence-electron chi connectivity index (χ0n) is 21.3. The van der Waals surface area contributed by atoms with Crippen LogP contribution >= 0.6 is 0 Å². The van der Waals surface area contributed by atoms with Gasteiger partial charge in [-0.15, -0.1) is 0 Å². The first kappa shape index (κ1) is 28.2. The van der Waals surface area contributed by atoms with Crippen molar-refractivity contribution in [3.05, 3.63) is 69.5 Å². The molecule has 1 saturated heterocycles. The Bertz CT molecular complexity index is 1320. The number of sulfonamides is 1. The normalized spacial score (nSPS) is 17.9. The molecule has 12 heteroatoms. The molecule has 1 aliphatic rings. The number of rotatable bonds is 7. The molecular formula is C25H30FN3O7S. The summed E-state index contributed by atoms with van der Waals surface area (Å²) in [4.78, 5) is 38.0. The maximum Gasteiger partial charge on any atom is 0.329 e. The highest BCUT2D eigenvalue weighted by molar-refractivity contribution is 7.89. The maximum atomic E-state index is 14.2. The Balaban J connectivity index is 1.94. The molecule has 10 nitrogen and oxygen atoms in total. The molecule has 2 aromatic carbocycles. The van der Waals surface area contributed by atoms with Crippen LogP contribution in [0.3, 0.4) is 0 Å². The van der Waals surface area contributed by atoms with Crippen molar-refractivity contribution in [3.63, 3.8) is 0 Å². The second kappa shape index (κ2) is 10.5. The van der Waals surface area contributed by atoms with Gasteiger partial charge in [0.05, 0.1) is 4.92 Å². The number of nitro benzene ring substituents is 1. The monoisotopic (exact) mass is 535 g/mol. The zero-order valence-corrected chi connectivity index (χ0v) is 22.1. The molecule has 1 heterocycles. The number of benzene rings is 2. The molecule has 3 rings (SSSR count). The highest BCUT2D eigenvalue weighted by Gasteiger charge is 2.45. The van der Waals surface area contributed by atoms with E-state index < -0.39 is 60.9 Å². The Hall–Kier alpha value is -3.38. The second-order valence-electron chi connectivity index (χ2n) is 9.89. The summed E-state index contributed by atoms with van der Waals surface area (Å²) in [5, 5.41) is 11.4. The number of amides is 1. The summed E-state index contributed by atoms with van der Waals surface area (Å²) in [6.45, 7) is 7.62. The van der Waals surface area contributed by atoms with E-state index in [-0.39, 0.29) is 19.5 Å². The SMILES string of the molecule is Cc1ccc(C[C@@H](C(=O)OC(C)(C)C)N2CCN(S(=O)(=O)c3ccccc3[N+](=O)[O-])[C@@H](C)C2=O)cc1F. The molecule has 37 heavy (non-hydrogen) atoms. The van der Waals surface area contributed by atoms with Gasteiger partial charge in [0.1, 0.15) is 23.5 Å². The quantitative estimate of drug-likeness (QED) is 0.303. The number of carbonyl (C=O) groups excluding carboxylic acids is 2. The number of halogens is 1. The summed E-state index contributed by atoms with van der Waals surface area (Å²) in [6.07, 6.45) is -0.0402. The molecule has 2 aromatic rings. The van der Waals surface area contributed by atoms with Gasteiger partial charge in [-0.1, -0.05) is 24.3 Å². The van der Waals surface area contributed by atoms with Gasteiger partial charge in [-0.3, -0.25) is 14.9 Å². The summed E-state index contributed by atoms with van der Waals surface area (Å²) in [5.74, 6) is -1.83. The number of hydrogen-bond acceptors (Lipinski definition) is 7. The standard InChI is InChI=1S/C25H30FN3O7S/c1-16-10-11-18(14-19(16)26)15-21(24(31)36-25(3,4)5)27-12-13-28(17(2)23(27)30)37(34,35)22-9-7-6-8-20(22)29(32)33/h6-11,14,17,21H,12-13,15H2,1-5H3/t17-,21-/m0/s1. The molecule has 1 amide bonds. The van der Waals surface area contributed by atoms with Crippen LogP contribution in [-0.4, -0.2) is 65.2 Å². The van der Waals surface area contributed by atoms with E-state index in [9.17, 15) is 32.5 Å². The van der Waals surface area contributed by atoms with Crippen LogP contribution in [0, 0.1) is 22.9 Å². The van der Waals surface area contributed by atoms with Crippen LogP contribution in [0.4, 0.5) is 10.1 Å². The van der Waals surface area contributed by atoms with Gasteiger partial charge in [-0.25, -0.2) is 17.6 Å². The summed E-state index contributed by atoms with van der Waals surface area (Å²) in [7, 11) is -4.41. The van der Waals surface area contributed by atoms with E-state index in [1.165, 1.54) is 30.0 Å². The van der Waals surface area contributed by atoms with Crippen molar-refractivity contribution < 1.29 is 32.1 Å². The minimum absolute atomic E-state index is 0.0402. The number of esters is 1. The molecule has 0 bridgehead atoms. The number of ether oxygens (including phenoxy) is 1. The Morgan fingerprint density at radius 3 is 2.46 bits per heavy atom. The highest BCUT2D eigenvalue weighted by atomic mass is 32.2. The van der Waals surface area contributed by atoms with Crippen molar-refractivity contribution in [1.82, 2.24) is 9.21 Å². The minimum Gasteiger partial charge on any atom is -0.458 e. The van der Waals surface area contributed by atoms with Crippen molar-refractivity contribution in [1.29, 1.82) is 0 Å². The summed E-state index contributed by atoms with van der Waals surface area (Å²) < 4.78 is 47.3. The van der Waals surface area contributed by atoms with Gasteiger partial charge in [-0.2, -0.15) is 4.31 Å². The Kier molecular flexibility index (Phi) is 8.03. The van der Waals surface area contributed by atoms with E-state index in [1.54, 1.807) is 39.8 Å². The number of carbonyl (C=O) groups is 2. The topological polar surface area (TPSA) is 127 Å². The van der Waals surface area contributed by atoms with E-state index in [4.69, 9.17) is 4.74 Å². The molecule has 0 aliphatic carbocycles. The van der Waals surface area contributed by atoms with E-state index >= 15 is 0 Å². The first-order valence-corrected chi connectivity index (χ1v) is 13.1. The van der Waals surface area contributed by atoms with Crippen molar-refractivity contribution in [2.75, 3.05) is 13.1 Å². The molecule has 1 fully saturated rings. The lowest BCUT2D eigenvalue weighted by molar-refractivity contribution is -0.387. The third-order valence-corrected chi connectivity index (χ3v) is 8.02. The third kappa shape index (κ3) is 6.13. The number of hydrogen-bond donors (Lipinski definition) is 0. The molecule has 0 aromatic heterocycles. The largest absolute Gasteiger partial charge is 0.458 e. The highest BCUT2D eigenvalue weighted by Crippen LogP contribution is 2.30. The Morgan fingerprint density at radius 2 is 1.86 bits per heavy atom.